The van der Waals surface area contributed by atoms with Crippen LogP contribution in [0.5, 0.6) is 0 Å². The fraction of sp³-hybridized carbons (Fsp3) is 0.571. The second-order valence-corrected chi connectivity index (χ2v) is 9.07. The lowest BCUT2D eigenvalue weighted by atomic mass is 9.86. The molecular weight excluding hydrogens is 354 g/mol. The molecule has 7 heteroatoms. The predicted octanol–water partition coefficient (Wildman–Crippen LogP) is 1.36. The molecule has 1 rings (SSSR count). The van der Waals surface area contributed by atoms with Crippen molar-refractivity contribution < 1.29 is 9.59 Å². The highest BCUT2D eigenvalue weighted by Gasteiger charge is 2.33. The maximum absolute atomic E-state index is 12.9. The lowest BCUT2D eigenvalue weighted by molar-refractivity contribution is -0.132. The Morgan fingerprint density at radius 2 is 1.61 bits per heavy atom. The lowest BCUT2D eigenvalue weighted by Gasteiger charge is -2.30. The van der Waals surface area contributed by atoms with E-state index >= 15 is 0 Å². The van der Waals surface area contributed by atoms with Gasteiger partial charge >= 0.3 is 0 Å². The van der Waals surface area contributed by atoms with E-state index < -0.39 is 17.5 Å². The number of aliphatic imine (C=N–C) groups is 1. The number of nitrogens with zero attached hydrogens (tertiary/aromatic N) is 1. The van der Waals surface area contributed by atoms with Gasteiger partial charge in [-0.15, -0.1) is 0 Å². The standard InChI is InChI=1S/C21H35N5O2/c1-20(2,3)17(27)16(13-24-21(4,5)6)25-18(28)15(26-19(22)23)12-14-10-8-7-9-11-14/h7-11,15-16,24H,12-13H2,1-6H3,(H,25,28)(H4,22,23,26)/t15-,16-/m0/s1. The molecule has 1 aromatic carbocycles. The molecule has 0 fully saturated rings. The van der Waals surface area contributed by atoms with Crippen LogP contribution < -0.4 is 22.1 Å². The number of ketones is 1. The van der Waals surface area contributed by atoms with Crippen molar-refractivity contribution in [2.45, 2.75) is 65.6 Å². The highest BCUT2D eigenvalue weighted by atomic mass is 16.2. The molecule has 1 aromatic rings. The van der Waals surface area contributed by atoms with Crippen LogP contribution in [0, 0.1) is 5.41 Å². The van der Waals surface area contributed by atoms with E-state index in [1.54, 1.807) is 0 Å². The van der Waals surface area contributed by atoms with Gasteiger partial charge in [-0.2, -0.15) is 0 Å². The molecule has 0 aliphatic heterocycles. The van der Waals surface area contributed by atoms with E-state index in [9.17, 15) is 9.59 Å². The molecule has 156 valence electrons. The Kier molecular flexibility index (Phi) is 8.17. The van der Waals surface area contributed by atoms with E-state index in [4.69, 9.17) is 11.5 Å². The molecule has 28 heavy (non-hydrogen) atoms. The summed E-state index contributed by atoms with van der Waals surface area (Å²) in [5.41, 5.74) is 11.2. The van der Waals surface area contributed by atoms with Crippen molar-refractivity contribution >= 4 is 17.6 Å². The fourth-order valence-electron chi connectivity index (χ4n) is 2.62. The average molecular weight is 390 g/mol. The van der Waals surface area contributed by atoms with E-state index in [-0.39, 0.29) is 23.2 Å². The number of nitrogens with one attached hydrogen (secondary N) is 2. The van der Waals surface area contributed by atoms with Gasteiger partial charge in [0.25, 0.3) is 0 Å². The number of benzene rings is 1. The summed E-state index contributed by atoms with van der Waals surface area (Å²) in [4.78, 5) is 29.9. The number of hydrogen-bond donors (Lipinski definition) is 4. The molecule has 2 atom stereocenters. The van der Waals surface area contributed by atoms with E-state index in [1.807, 2.05) is 71.9 Å². The molecule has 0 aliphatic rings. The van der Waals surface area contributed by atoms with Crippen LogP contribution >= 0.6 is 0 Å². The predicted molar refractivity (Wildman–Crippen MR) is 114 cm³/mol. The first-order chi connectivity index (χ1) is 12.8. The van der Waals surface area contributed by atoms with Gasteiger partial charge in [-0.1, -0.05) is 51.1 Å². The topological polar surface area (TPSA) is 123 Å². The maximum atomic E-state index is 12.9. The summed E-state index contributed by atoms with van der Waals surface area (Å²) in [6.45, 7) is 11.8. The summed E-state index contributed by atoms with van der Waals surface area (Å²) < 4.78 is 0. The molecule has 0 unspecified atom stereocenters. The summed E-state index contributed by atoms with van der Waals surface area (Å²) in [7, 11) is 0. The lowest BCUT2D eigenvalue weighted by Crippen LogP contribution is -2.55. The molecule has 1 amide bonds. The second-order valence-electron chi connectivity index (χ2n) is 9.07. The van der Waals surface area contributed by atoms with Crippen LogP contribution in [0.2, 0.25) is 0 Å². The minimum absolute atomic E-state index is 0.0549. The van der Waals surface area contributed by atoms with E-state index in [0.29, 0.717) is 13.0 Å². The molecule has 0 saturated heterocycles. The number of carbonyl (C=O) groups excluding carboxylic acids is 2. The van der Waals surface area contributed by atoms with Gasteiger partial charge in [0.2, 0.25) is 5.91 Å². The smallest absolute Gasteiger partial charge is 0.245 e. The van der Waals surface area contributed by atoms with Crippen LogP contribution in [-0.2, 0) is 16.0 Å². The normalized spacial score (nSPS) is 14.1. The summed E-state index contributed by atoms with van der Waals surface area (Å²) in [5.74, 6) is -0.598. The monoisotopic (exact) mass is 389 g/mol. The van der Waals surface area contributed by atoms with Crippen molar-refractivity contribution in [2.24, 2.45) is 21.9 Å². The number of Topliss-reactive ketones (excluding diaryl/α,β-unsaturated/α-hetero) is 1. The van der Waals surface area contributed by atoms with Crippen LogP contribution in [0.4, 0.5) is 0 Å². The number of rotatable bonds is 8. The van der Waals surface area contributed by atoms with Gasteiger partial charge in [-0.3, -0.25) is 9.59 Å². The fourth-order valence-corrected chi connectivity index (χ4v) is 2.62. The molecule has 0 bridgehead atoms. The van der Waals surface area contributed by atoms with Gasteiger partial charge in [0.15, 0.2) is 11.7 Å². The number of nitrogens with two attached hydrogens (primary N) is 2. The molecule has 0 heterocycles. The quantitative estimate of drug-likeness (QED) is 0.395. The zero-order valence-electron chi connectivity index (χ0n) is 17.9. The van der Waals surface area contributed by atoms with Gasteiger partial charge in [0, 0.05) is 23.9 Å². The third-order valence-corrected chi connectivity index (χ3v) is 4.09. The Balaban J connectivity index is 3.02. The Morgan fingerprint density at radius 1 is 1.04 bits per heavy atom. The summed E-state index contributed by atoms with van der Waals surface area (Å²) in [6, 6.07) is 7.99. The van der Waals surface area contributed by atoms with Crippen molar-refractivity contribution in [3.63, 3.8) is 0 Å². The van der Waals surface area contributed by atoms with Crippen molar-refractivity contribution in [1.82, 2.24) is 10.6 Å². The Morgan fingerprint density at radius 3 is 2.07 bits per heavy atom. The zero-order valence-corrected chi connectivity index (χ0v) is 17.9. The summed E-state index contributed by atoms with van der Waals surface area (Å²) in [6.07, 6.45) is 0.341. The maximum Gasteiger partial charge on any atom is 0.245 e. The summed E-state index contributed by atoms with van der Waals surface area (Å²) in [5, 5.41) is 6.14. The average Bonchev–Trinajstić information content (AvgIpc) is 2.56. The molecular formula is C21H35N5O2. The highest BCUT2D eigenvalue weighted by Crippen LogP contribution is 2.17. The minimum atomic E-state index is -0.808. The van der Waals surface area contributed by atoms with Crippen LogP contribution in [-0.4, -0.2) is 41.8 Å². The van der Waals surface area contributed by atoms with Crippen molar-refractivity contribution in [2.75, 3.05) is 6.54 Å². The summed E-state index contributed by atoms with van der Waals surface area (Å²) >= 11 is 0. The minimum Gasteiger partial charge on any atom is -0.370 e. The SMILES string of the molecule is CC(C)(C)NC[C@H](NC(=O)[C@H](Cc1ccccc1)N=C(N)N)C(=O)C(C)(C)C. The highest BCUT2D eigenvalue weighted by molar-refractivity contribution is 5.94. The van der Waals surface area contributed by atoms with Gasteiger partial charge in [-0.25, -0.2) is 4.99 Å². The molecule has 6 N–H and O–H groups in total. The van der Waals surface area contributed by atoms with E-state index in [1.165, 1.54) is 0 Å². The van der Waals surface area contributed by atoms with E-state index in [0.717, 1.165) is 5.56 Å². The Bertz CT molecular complexity index is 683. The third-order valence-electron chi connectivity index (χ3n) is 4.09. The van der Waals surface area contributed by atoms with Gasteiger partial charge in [-0.05, 0) is 26.3 Å². The molecule has 0 radical (unpaired) electrons. The van der Waals surface area contributed by atoms with Crippen molar-refractivity contribution in [1.29, 1.82) is 0 Å². The number of amides is 1. The first kappa shape index (κ1) is 23.6. The Hall–Kier alpha value is -2.41. The van der Waals surface area contributed by atoms with Crippen LogP contribution in [0.25, 0.3) is 0 Å². The first-order valence-electron chi connectivity index (χ1n) is 9.52. The van der Waals surface area contributed by atoms with Crippen molar-refractivity contribution in [3.8, 4) is 0 Å². The number of hydrogen-bond acceptors (Lipinski definition) is 4. The molecule has 0 spiro atoms. The second kappa shape index (κ2) is 9.68. The van der Waals surface area contributed by atoms with Gasteiger partial charge < -0.3 is 22.1 Å². The van der Waals surface area contributed by atoms with Crippen LogP contribution in [0.15, 0.2) is 35.3 Å². The van der Waals surface area contributed by atoms with E-state index in [2.05, 4.69) is 15.6 Å². The zero-order chi connectivity index (χ0) is 21.5. The number of carbonyl (C=O) groups is 2. The molecule has 0 aromatic heterocycles. The largest absolute Gasteiger partial charge is 0.370 e. The van der Waals surface area contributed by atoms with Crippen LogP contribution in [0.3, 0.4) is 0 Å². The van der Waals surface area contributed by atoms with Crippen LogP contribution in [0.1, 0.15) is 47.1 Å². The molecule has 0 aliphatic carbocycles. The molecule has 7 nitrogen and oxygen atoms in total. The van der Waals surface area contributed by atoms with Gasteiger partial charge in [0.05, 0.1) is 0 Å². The van der Waals surface area contributed by atoms with Crippen molar-refractivity contribution in [3.05, 3.63) is 35.9 Å². The number of guanidine groups is 1. The third kappa shape index (κ3) is 8.52. The Labute approximate surface area is 168 Å². The molecule has 0 saturated carbocycles. The van der Waals surface area contributed by atoms with Gasteiger partial charge in [0.1, 0.15) is 12.1 Å². The first-order valence-corrected chi connectivity index (χ1v) is 9.52.